The van der Waals surface area contributed by atoms with Gasteiger partial charge < -0.3 is 24.1 Å². The second kappa shape index (κ2) is 6.64. The molecule has 1 saturated carbocycles. The van der Waals surface area contributed by atoms with Crippen molar-refractivity contribution >= 4 is 5.78 Å². The Morgan fingerprint density at radius 2 is 2.07 bits per heavy atom. The average Bonchev–Trinajstić information content (AvgIpc) is 3.21. The fourth-order valence-corrected chi connectivity index (χ4v) is 5.37. The number of ether oxygens (including phenoxy) is 4. The Bertz CT molecular complexity index is 845. The van der Waals surface area contributed by atoms with Crippen molar-refractivity contribution in [3.05, 3.63) is 48.3 Å². The van der Waals surface area contributed by atoms with Gasteiger partial charge >= 0.3 is 0 Å². The number of allylic oxidation sites excluding steroid dienone is 1. The highest BCUT2D eigenvalue weighted by Crippen LogP contribution is 2.61. The van der Waals surface area contributed by atoms with Gasteiger partial charge in [0.2, 0.25) is 12.6 Å². The highest BCUT2D eigenvalue weighted by Gasteiger charge is 2.71. The smallest absolute Gasteiger partial charge is 0.231 e. The maximum Gasteiger partial charge on any atom is 0.231 e. The third-order valence-corrected chi connectivity index (χ3v) is 6.84. The number of methoxy groups -OCH3 is 2. The molecule has 150 valence electrons. The molecule has 2 aliphatic carbocycles. The molecule has 0 unspecified atom stereocenters. The molecule has 0 amide bonds. The van der Waals surface area contributed by atoms with Crippen molar-refractivity contribution < 1.29 is 28.8 Å². The van der Waals surface area contributed by atoms with Crippen molar-refractivity contribution in [2.24, 2.45) is 17.3 Å². The van der Waals surface area contributed by atoms with Crippen LogP contribution in [0.15, 0.2) is 42.7 Å². The lowest BCUT2D eigenvalue weighted by Gasteiger charge is -2.41. The minimum atomic E-state index is -1.36. The molecule has 0 saturated heterocycles. The lowest BCUT2D eigenvalue weighted by Crippen LogP contribution is -2.58. The predicted octanol–water partition coefficient (Wildman–Crippen LogP) is 2.65. The van der Waals surface area contributed by atoms with E-state index in [0.717, 1.165) is 5.56 Å². The number of hydrogen-bond donors (Lipinski definition) is 1. The van der Waals surface area contributed by atoms with E-state index in [2.05, 4.69) is 13.5 Å². The number of benzene rings is 1. The Morgan fingerprint density at radius 1 is 1.32 bits per heavy atom. The second-order valence-corrected chi connectivity index (χ2v) is 7.83. The molecule has 1 aromatic rings. The molecule has 5 atom stereocenters. The quantitative estimate of drug-likeness (QED) is 0.758. The first-order chi connectivity index (χ1) is 13.4. The van der Waals surface area contributed by atoms with Crippen LogP contribution in [0.25, 0.3) is 0 Å². The molecule has 6 nitrogen and oxygen atoms in total. The van der Waals surface area contributed by atoms with E-state index in [1.54, 1.807) is 12.2 Å². The zero-order chi connectivity index (χ0) is 20.1. The van der Waals surface area contributed by atoms with Crippen LogP contribution in [0, 0.1) is 17.3 Å². The van der Waals surface area contributed by atoms with Gasteiger partial charge in [0.15, 0.2) is 22.9 Å². The standard InChI is InChI=1S/C22H26O6/c1-5-8-21-11-18(25-3)19(23)22(26-4,20(21)24)15(13(21)2)9-14-6-7-16-17(10-14)28-12-27-16/h5-7,10-11,13,15,20,24H,1,8-9,12H2,2-4H3/t13-,15-,20-,21+,22-/m0/s1. The van der Waals surface area contributed by atoms with E-state index in [0.29, 0.717) is 24.3 Å². The van der Waals surface area contributed by atoms with Crippen molar-refractivity contribution in [2.75, 3.05) is 21.0 Å². The second-order valence-electron chi connectivity index (χ2n) is 7.83. The maximum atomic E-state index is 13.3. The molecular formula is C22H26O6. The van der Waals surface area contributed by atoms with Crippen LogP contribution >= 0.6 is 0 Å². The van der Waals surface area contributed by atoms with Gasteiger partial charge in [0.05, 0.1) is 7.11 Å². The Balaban J connectivity index is 1.79. The summed E-state index contributed by atoms with van der Waals surface area (Å²) >= 11 is 0. The number of rotatable bonds is 6. The summed E-state index contributed by atoms with van der Waals surface area (Å²) < 4.78 is 22.1. The largest absolute Gasteiger partial charge is 0.493 e. The Labute approximate surface area is 164 Å². The molecule has 1 aliphatic heterocycles. The average molecular weight is 386 g/mol. The zero-order valence-electron chi connectivity index (χ0n) is 16.4. The molecule has 0 radical (unpaired) electrons. The molecule has 1 heterocycles. The van der Waals surface area contributed by atoms with E-state index in [4.69, 9.17) is 18.9 Å². The van der Waals surface area contributed by atoms with E-state index in [1.165, 1.54) is 14.2 Å². The van der Waals surface area contributed by atoms with Crippen LogP contribution in [0.1, 0.15) is 18.9 Å². The van der Waals surface area contributed by atoms with E-state index < -0.39 is 17.1 Å². The summed E-state index contributed by atoms with van der Waals surface area (Å²) in [5, 5.41) is 11.4. The highest BCUT2D eigenvalue weighted by atomic mass is 16.7. The molecule has 1 N–H and O–H groups in total. The fraction of sp³-hybridized carbons (Fsp3) is 0.500. The van der Waals surface area contributed by atoms with Gasteiger partial charge in [-0.3, -0.25) is 4.79 Å². The lowest BCUT2D eigenvalue weighted by molar-refractivity contribution is -0.166. The van der Waals surface area contributed by atoms with Crippen molar-refractivity contribution in [1.82, 2.24) is 0 Å². The molecule has 0 aromatic heterocycles. The Morgan fingerprint density at radius 3 is 2.75 bits per heavy atom. The molecule has 2 bridgehead atoms. The number of fused-ring (bicyclic) bond motifs is 3. The van der Waals surface area contributed by atoms with Gasteiger partial charge in [-0.25, -0.2) is 0 Å². The number of hydrogen-bond acceptors (Lipinski definition) is 6. The minimum Gasteiger partial charge on any atom is -0.493 e. The van der Waals surface area contributed by atoms with E-state index in [9.17, 15) is 9.90 Å². The van der Waals surface area contributed by atoms with Gasteiger partial charge in [0.1, 0.15) is 6.10 Å². The number of carbonyl (C=O) groups is 1. The van der Waals surface area contributed by atoms with Crippen LogP contribution in [-0.2, 0) is 20.7 Å². The van der Waals surface area contributed by atoms with E-state index in [1.807, 2.05) is 18.2 Å². The number of Topliss-reactive ketones (excluding diaryl/α,β-unsaturated/α-hetero) is 1. The topological polar surface area (TPSA) is 74.2 Å². The summed E-state index contributed by atoms with van der Waals surface area (Å²) in [7, 11) is 2.96. The lowest BCUT2D eigenvalue weighted by atomic mass is 9.70. The van der Waals surface area contributed by atoms with Crippen LogP contribution < -0.4 is 9.47 Å². The van der Waals surface area contributed by atoms with E-state index >= 15 is 0 Å². The maximum absolute atomic E-state index is 13.3. The van der Waals surface area contributed by atoms with Gasteiger partial charge in [0, 0.05) is 18.4 Å². The molecular weight excluding hydrogens is 360 g/mol. The number of aliphatic hydroxyl groups is 1. The summed E-state index contributed by atoms with van der Waals surface area (Å²) in [6.07, 6.45) is 3.66. The summed E-state index contributed by atoms with van der Waals surface area (Å²) in [4.78, 5) is 13.3. The molecule has 3 aliphatic rings. The van der Waals surface area contributed by atoms with Crippen LogP contribution in [0.4, 0.5) is 0 Å². The molecule has 1 aromatic carbocycles. The van der Waals surface area contributed by atoms with Crippen molar-refractivity contribution in [3.8, 4) is 11.5 Å². The van der Waals surface area contributed by atoms with Crippen LogP contribution in [0.3, 0.4) is 0 Å². The summed E-state index contributed by atoms with van der Waals surface area (Å²) in [6, 6.07) is 5.77. The zero-order valence-corrected chi connectivity index (χ0v) is 16.4. The first-order valence-corrected chi connectivity index (χ1v) is 9.49. The number of carbonyl (C=O) groups excluding carboxylic acids is 1. The highest BCUT2D eigenvalue weighted by molar-refractivity contribution is 6.03. The van der Waals surface area contributed by atoms with Crippen molar-refractivity contribution in [1.29, 1.82) is 0 Å². The summed E-state index contributed by atoms with van der Waals surface area (Å²) in [5.74, 6) is 1.06. The minimum absolute atomic E-state index is 0.0394. The van der Waals surface area contributed by atoms with Gasteiger partial charge in [-0.05, 0) is 42.5 Å². The van der Waals surface area contributed by atoms with Crippen LogP contribution in [0.5, 0.6) is 11.5 Å². The Kier molecular flexibility index (Phi) is 4.51. The third-order valence-electron chi connectivity index (χ3n) is 6.84. The van der Waals surface area contributed by atoms with Crippen LogP contribution in [0.2, 0.25) is 0 Å². The SMILES string of the molecule is C=CC[C@@]12C=C(OC)C(=O)[C@@](OC)([C@@H](Cc3ccc4c(c3)OCO4)[C@@H]1C)[C@H]2O. The molecule has 28 heavy (non-hydrogen) atoms. The molecule has 1 fully saturated rings. The monoisotopic (exact) mass is 386 g/mol. The van der Waals surface area contributed by atoms with Gasteiger partial charge in [-0.2, -0.15) is 0 Å². The fourth-order valence-electron chi connectivity index (χ4n) is 5.37. The van der Waals surface area contributed by atoms with Crippen molar-refractivity contribution in [3.63, 3.8) is 0 Å². The Hall–Kier alpha value is -2.31. The normalized spacial score (nSPS) is 35.6. The summed E-state index contributed by atoms with van der Waals surface area (Å²) in [5.41, 5.74) is -1.03. The first kappa shape index (κ1) is 19.0. The van der Waals surface area contributed by atoms with Gasteiger partial charge in [-0.1, -0.05) is 19.1 Å². The molecule has 4 rings (SSSR count). The van der Waals surface area contributed by atoms with Gasteiger partial charge in [0.25, 0.3) is 0 Å². The third kappa shape index (κ3) is 2.31. The summed E-state index contributed by atoms with van der Waals surface area (Å²) in [6.45, 7) is 6.14. The van der Waals surface area contributed by atoms with Crippen LogP contribution in [-0.4, -0.2) is 43.6 Å². The predicted molar refractivity (Wildman–Crippen MR) is 102 cm³/mol. The van der Waals surface area contributed by atoms with Crippen molar-refractivity contribution in [2.45, 2.75) is 31.5 Å². The molecule has 0 spiro atoms. The number of ketones is 1. The molecule has 6 heteroatoms. The number of aliphatic hydroxyl groups excluding tert-OH is 1. The first-order valence-electron chi connectivity index (χ1n) is 9.49. The van der Waals surface area contributed by atoms with E-state index in [-0.39, 0.29) is 30.2 Å². The van der Waals surface area contributed by atoms with Gasteiger partial charge in [-0.15, -0.1) is 6.58 Å².